The molecule has 8 aromatic carbocycles. The summed E-state index contributed by atoms with van der Waals surface area (Å²) in [6.07, 6.45) is 1.81. The third kappa shape index (κ3) is 5.67. The Morgan fingerprint density at radius 3 is 1.44 bits per heavy atom. The lowest BCUT2D eigenvalue weighted by Gasteiger charge is -2.17. The molecule has 0 N–H and O–H groups in total. The van der Waals surface area contributed by atoms with Crippen LogP contribution in [-0.4, -0.2) is 19.9 Å². The first kappa shape index (κ1) is 31.4. The number of pyridine rings is 1. The Morgan fingerprint density at radius 1 is 0.278 bits per heavy atom. The highest BCUT2D eigenvalue weighted by atomic mass is 15.0. The van der Waals surface area contributed by atoms with E-state index in [2.05, 4.69) is 145 Å². The van der Waals surface area contributed by atoms with Gasteiger partial charge in [-0.3, -0.25) is 4.98 Å². The van der Waals surface area contributed by atoms with Gasteiger partial charge in [0.25, 0.3) is 0 Å². The van der Waals surface area contributed by atoms with Crippen LogP contribution in [0, 0.1) is 0 Å². The van der Waals surface area contributed by atoms with Crippen molar-refractivity contribution in [1.82, 2.24) is 19.9 Å². The zero-order chi connectivity index (χ0) is 35.8. The first-order valence-corrected chi connectivity index (χ1v) is 18.1. The molecule has 0 aliphatic carbocycles. The van der Waals surface area contributed by atoms with E-state index in [9.17, 15) is 0 Å². The average molecular weight is 689 g/mol. The van der Waals surface area contributed by atoms with Crippen molar-refractivity contribution in [2.45, 2.75) is 0 Å². The maximum atomic E-state index is 5.12. The minimum Gasteiger partial charge on any atom is -0.256 e. The number of rotatable bonds is 6. The molecule has 2 aromatic heterocycles. The molecule has 0 saturated carbocycles. The fourth-order valence-corrected chi connectivity index (χ4v) is 7.56. The summed E-state index contributed by atoms with van der Waals surface area (Å²) in [6, 6.07) is 65.8. The zero-order valence-electron chi connectivity index (χ0n) is 29.3. The van der Waals surface area contributed by atoms with Crippen molar-refractivity contribution < 1.29 is 0 Å². The predicted octanol–water partition coefficient (Wildman–Crippen LogP) is 12.7. The molecule has 4 nitrogen and oxygen atoms in total. The largest absolute Gasteiger partial charge is 0.256 e. The molecule has 2 heterocycles. The van der Waals surface area contributed by atoms with Crippen molar-refractivity contribution >= 4 is 32.3 Å². The Balaban J connectivity index is 1.18. The summed E-state index contributed by atoms with van der Waals surface area (Å²) in [5, 5.41) is 7.43. The Labute approximate surface area is 313 Å². The van der Waals surface area contributed by atoms with Gasteiger partial charge in [-0.1, -0.05) is 158 Å². The molecule has 0 saturated heterocycles. The third-order valence-electron chi connectivity index (χ3n) is 10.2. The van der Waals surface area contributed by atoms with Gasteiger partial charge in [-0.15, -0.1) is 0 Å². The van der Waals surface area contributed by atoms with Gasteiger partial charge in [0, 0.05) is 28.5 Å². The number of aromatic nitrogens is 4. The van der Waals surface area contributed by atoms with E-state index in [1.807, 2.05) is 54.7 Å². The Bertz CT molecular complexity index is 2960. The molecule has 252 valence electrons. The normalized spacial score (nSPS) is 11.3. The van der Waals surface area contributed by atoms with Gasteiger partial charge in [-0.2, -0.15) is 0 Å². The van der Waals surface area contributed by atoms with E-state index in [0.29, 0.717) is 17.5 Å². The van der Waals surface area contributed by atoms with Crippen LogP contribution in [0.5, 0.6) is 0 Å². The predicted molar refractivity (Wildman–Crippen MR) is 223 cm³/mol. The van der Waals surface area contributed by atoms with Gasteiger partial charge in [0.05, 0.1) is 5.69 Å². The number of hydrogen-bond acceptors (Lipinski definition) is 4. The van der Waals surface area contributed by atoms with Crippen LogP contribution in [-0.2, 0) is 0 Å². The molecular formula is C50H32N4. The van der Waals surface area contributed by atoms with Gasteiger partial charge in [-0.05, 0) is 84.9 Å². The van der Waals surface area contributed by atoms with E-state index in [4.69, 9.17) is 15.0 Å². The highest BCUT2D eigenvalue weighted by Crippen LogP contribution is 2.43. The molecule has 0 atom stereocenters. The maximum absolute atomic E-state index is 5.12. The van der Waals surface area contributed by atoms with Gasteiger partial charge in [-0.25, -0.2) is 15.0 Å². The summed E-state index contributed by atoms with van der Waals surface area (Å²) in [6.45, 7) is 0. The fraction of sp³-hybridized carbons (Fsp3) is 0. The molecular weight excluding hydrogens is 657 g/mol. The summed E-state index contributed by atoms with van der Waals surface area (Å²) in [5.74, 6) is 1.86. The van der Waals surface area contributed by atoms with Gasteiger partial charge in [0.1, 0.15) is 0 Å². The lowest BCUT2D eigenvalue weighted by molar-refractivity contribution is 1.07. The van der Waals surface area contributed by atoms with Crippen LogP contribution in [0.3, 0.4) is 0 Å². The van der Waals surface area contributed by atoms with E-state index in [1.54, 1.807) is 0 Å². The molecule has 0 amide bonds. The summed E-state index contributed by atoms with van der Waals surface area (Å²) in [4.78, 5) is 19.7. The third-order valence-corrected chi connectivity index (χ3v) is 10.2. The summed E-state index contributed by atoms with van der Waals surface area (Å²) in [7, 11) is 0. The van der Waals surface area contributed by atoms with Gasteiger partial charge in [0.2, 0.25) is 0 Å². The molecule has 0 spiro atoms. The molecule has 10 rings (SSSR count). The topological polar surface area (TPSA) is 51.6 Å². The Morgan fingerprint density at radius 2 is 0.778 bits per heavy atom. The molecule has 0 aliphatic rings. The average Bonchev–Trinajstić information content (AvgIpc) is 3.27. The summed E-state index contributed by atoms with van der Waals surface area (Å²) in [5.41, 5.74) is 9.33. The van der Waals surface area contributed by atoms with Crippen molar-refractivity contribution in [2.75, 3.05) is 0 Å². The van der Waals surface area contributed by atoms with Crippen molar-refractivity contribution in [1.29, 1.82) is 0 Å². The second-order valence-electron chi connectivity index (χ2n) is 13.4. The van der Waals surface area contributed by atoms with Crippen molar-refractivity contribution in [3.8, 4) is 67.7 Å². The molecule has 0 unspecified atom stereocenters. The lowest BCUT2D eigenvalue weighted by atomic mass is 9.86. The number of fused-ring (bicyclic) bond motifs is 6. The fourth-order valence-electron chi connectivity index (χ4n) is 7.56. The van der Waals surface area contributed by atoms with Crippen LogP contribution in [0.1, 0.15) is 0 Å². The maximum Gasteiger partial charge on any atom is 0.164 e. The van der Waals surface area contributed by atoms with Crippen LogP contribution in [0.15, 0.2) is 194 Å². The second-order valence-corrected chi connectivity index (χ2v) is 13.4. The molecule has 0 radical (unpaired) electrons. The van der Waals surface area contributed by atoms with Gasteiger partial charge in [0.15, 0.2) is 17.5 Å². The number of nitrogens with zero attached hydrogens (tertiary/aromatic N) is 4. The first-order valence-electron chi connectivity index (χ1n) is 18.1. The molecule has 10 aromatic rings. The van der Waals surface area contributed by atoms with E-state index in [-0.39, 0.29) is 0 Å². The minimum atomic E-state index is 0.616. The standard InChI is InChI=1S/C50H32N4/c1-3-14-33(15-4-1)39-31-44(47-43-23-10-9-21-41(43)40-20-7-8-22-42(40)45(47)32-39)37-18-13-19-38(30-37)50-53-48(35-16-5-2-6-17-35)52-49(54-50)36-27-25-34(26-28-36)46-24-11-12-29-51-46/h1-32H. The number of hydrogen-bond donors (Lipinski definition) is 0. The first-order chi connectivity index (χ1) is 26.8. The van der Waals surface area contributed by atoms with Crippen LogP contribution in [0.25, 0.3) is 100.0 Å². The van der Waals surface area contributed by atoms with E-state index in [1.165, 1.54) is 43.4 Å². The van der Waals surface area contributed by atoms with Crippen molar-refractivity contribution in [3.05, 3.63) is 194 Å². The van der Waals surface area contributed by atoms with Crippen LogP contribution < -0.4 is 0 Å². The number of benzene rings is 8. The van der Waals surface area contributed by atoms with Crippen molar-refractivity contribution in [2.24, 2.45) is 0 Å². The summed E-state index contributed by atoms with van der Waals surface area (Å²) >= 11 is 0. The van der Waals surface area contributed by atoms with Gasteiger partial charge < -0.3 is 0 Å². The Kier molecular flexibility index (Phi) is 7.77. The van der Waals surface area contributed by atoms with E-state index >= 15 is 0 Å². The minimum absolute atomic E-state index is 0.616. The molecule has 4 heteroatoms. The quantitative estimate of drug-likeness (QED) is 0.163. The Hall–Kier alpha value is -7.30. The summed E-state index contributed by atoms with van der Waals surface area (Å²) < 4.78 is 0. The van der Waals surface area contributed by atoms with Crippen LogP contribution in [0.2, 0.25) is 0 Å². The SMILES string of the molecule is c1ccc(-c2cc(-c3cccc(-c4nc(-c5ccccc5)nc(-c5ccc(-c6ccccn6)cc5)n4)c3)c3c4ccccc4c4ccccc4c3c2)cc1. The van der Waals surface area contributed by atoms with E-state index < -0.39 is 0 Å². The highest BCUT2D eigenvalue weighted by Gasteiger charge is 2.17. The molecule has 54 heavy (non-hydrogen) atoms. The van der Waals surface area contributed by atoms with E-state index in [0.717, 1.165) is 39.1 Å². The monoisotopic (exact) mass is 688 g/mol. The van der Waals surface area contributed by atoms with Crippen molar-refractivity contribution in [3.63, 3.8) is 0 Å². The smallest absolute Gasteiger partial charge is 0.164 e. The van der Waals surface area contributed by atoms with Crippen LogP contribution >= 0.6 is 0 Å². The van der Waals surface area contributed by atoms with Gasteiger partial charge >= 0.3 is 0 Å². The zero-order valence-corrected chi connectivity index (χ0v) is 29.3. The molecule has 0 aliphatic heterocycles. The van der Waals surface area contributed by atoms with Crippen LogP contribution in [0.4, 0.5) is 0 Å². The second kappa shape index (κ2) is 13.4. The highest BCUT2D eigenvalue weighted by molar-refractivity contribution is 6.29. The lowest BCUT2D eigenvalue weighted by Crippen LogP contribution is -2.00. The molecule has 0 fully saturated rings. The molecule has 0 bridgehead atoms.